The molecule has 4 aromatic heterocycles. The van der Waals surface area contributed by atoms with E-state index in [0.29, 0.717) is 41.3 Å². The lowest BCUT2D eigenvalue weighted by Gasteiger charge is -2.28. The van der Waals surface area contributed by atoms with Crippen molar-refractivity contribution in [3.63, 3.8) is 0 Å². The van der Waals surface area contributed by atoms with Crippen molar-refractivity contribution in [1.29, 1.82) is 5.26 Å². The summed E-state index contributed by atoms with van der Waals surface area (Å²) in [6.45, 7) is 5.20. The normalized spacial score (nSPS) is 16.6. The van der Waals surface area contributed by atoms with Gasteiger partial charge in [-0.3, -0.25) is 9.36 Å². The van der Waals surface area contributed by atoms with Crippen LogP contribution in [0, 0.1) is 23.2 Å². The lowest BCUT2D eigenvalue weighted by molar-refractivity contribution is 0.446. The van der Waals surface area contributed by atoms with Crippen molar-refractivity contribution in [1.82, 2.24) is 29.1 Å². The summed E-state index contributed by atoms with van der Waals surface area (Å²) in [4.78, 5) is 27.0. The first-order valence-electron chi connectivity index (χ1n) is 10.3. The Bertz CT molecular complexity index is 1390. The molecule has 0 radical (unpaired) electrons. The van der Waals surface area contributed by atoms with E-state index >= 15 is 0 Å². The van der Waals surface area contributed by atoms with Crippen molar-refractivity contribution < 1.29 is 4.39 Å². The van der Waals surface area contributed by atoms with Gasteiger partial charge < -0.3 is 9.88 Å². The summed E-state index contributed by atoms with van der Waals surface area (Å²) in [6.07, 6.45) is 4.65. The molecule has 0 aliphatic carbocycles. The van der Waals surface area contributed by atoms with E-state index in [1.807, 2.05) is 18.7 Å². The Hall–Kier alpha value is -3.74. The first-order valence-corrected chi connectivity index (χ1v) is 10.3. The standard InChI is InChI=1S/C21H21FN8O/c1-12(2)10-29-19(27-30-15(21(29)31)5-6-16(30)22)14-4-3-7-28(14)20-17-13(8-23)9-24-18(17)25-11-26-20/h5-6,9,11-12,14H,3-4,7,10H2,1-2H3,(H,24,25,26). The van der Waals surface area contributed by atoms with E-state index in [1.54, 1.807) is 10.8 Å². The number of halogens is 1. The van der Waals surface area contributed by atoms with Crippen LogP contribution in [-0.4, -0.2) is 35.7 Å². The summed E-state index contributed by atoms with van der Waals surface area (Å²) in [5.41, 5.74) is 0.984. The van der Waals surface area contributed by atoms with Crippen LogP contribution in [-0.2, 0) is 6.54 Å². The minimum atomic E-state index is -0.573. The number of nitrogens with zero attached hydrogens (tertiary/aromatic N) is 7. The highest BCUT2D eigenvalue weighted by Crippen LogP contribution is 2.38. The molecule has 1 aliphatic heterocycles. The van der Waals surface area contributed by atoms with Crippen molar-refractivity contribution in [3.8, 4) is 6.07 Å². The fourth-order valence-corrected chi connectivity index (χ4v) is 4.40. The molecule has 31 heavy (non-hydrogen) atoms. The minimum absolute atomic E-state index is 0.205. The summed E-state index contributed by atoms with van der Waals surface area (Å²) in [7, 11) is 0. The molecule has 0 saturated carbocycles. The molecule has 9 nitrogen and oxygen atoms in total. The van der Waals surface area contributed by atoms with Crippen molar-refractivity contribution in [2.24, 2.45) is 5.92 Å². The van der Waals surface area contributed by atoms with Crippen molar-refractivity contribution in [2.75, 3.05) is 11.4 Å². The number of nitrogens with one attached hydrogen (secondary N) is 1. The quantitative estimate of drug-likeness (QED) is 0.544. The number of H-pyrrole nitrogens is 1. The maximum atomic E-state index is 14.4. The van der Waals surface area contributed by atoms with E-state index in [1.165, 1.54) is 18.5 Å². The van der Waals surface area contributed by atoms with E-state index in [4.69, 9.17) is 0 Å². The van der Waals surface area contributed by atoms with Gasteiger partial charge in [0.15, 0.2) is 5.82 Å². The van der Waals surface area contributed by atoms with Gasteiger partial charge in [0.1, 0.15) is 29.4 Å². The maximum Gasteiger partial charge on any atom is 0.278 e. The van der Waals surface area contributed by atoms with Gasteiger partial charge in [0.05, 0.1) is 17.0 Å². The lowest BCUT2D eigenvalue weighted by atomic mass is 10.1. The van der Waals surface area contributed by atoms with Crippen LogP contribution in [0.5, 0.6) is 0 Å². The molecule has 1 atom stereocenters. The van der Waals surface area contributed by atoms with E-state index in [9.17, 15) is 14.4 Å². The SMILES string of the molecule is CC(C)Cn1c(C2CCCN2c2ncnc3[nH]cc(C#N)c23)nn2c(F)ccc2c1=O. The molecule has 1 aliphatic rings. The Morgan fingerprint density at radius 1 is 1.35 bits per heavy atom. The van der Waals surface area contributed by atoms with E-state index in [2.05, 4.69) is 26.1 Å². The van der Waals surface area contributed by atoms with E-state index in [-0.39, 0.29) is 23.0 Å². The highest BCUT2D eigenvalue weighted by atomic mass is 19.1. The van der Waals surface area contributed by atoms with Gasteiger partial charge in [-0.05, 0) is 30.9 Å². The first kappa shape index (κ1) is 19.2. The maximum absolute atomic E-state index is 14.4. The number of fused-ring (bicyclic) bond motifs is 2. The Kier molecular flexibility index (Phi) is 4.46. The van der Waals surface area contributed by atoms with Gasteiger partial charge in [0.25, 0.3) is 5.56 Å². The van der Waals surface area contributed by atoms with Crippen LogP contribution in [0.2, 0.25) is 0 Å². The topological polar surface area (TPSA) is 108 Å². The Morgan fingerprint density at radius 3 is 2.97 bits per heavy atom. The smallest absolute Gasteiger partial charge is 0.278 e. The molecule has 4 aromatic rings. The van der Waals surface area contributed by atoms with Gasteiger partial charge in [0.2, 0.25) is 5.95 Å². The third-order valence-corrected chi connectivity index (χ3v) is 5.69. The largest absolute Gasteiger partial charge is 0.346 e. The molecule has 0 bridgehead atoms. The average molecular weight is 420 g/mol. The molecule has 1 unspecified atom stereocenters. The number of hydrogen-bond donors (Lipinski definition) is 1. The average Bonchev–Trinajstić information content (AvgIpc) is 3.48. The molecule has 0 aromatic carbocycles. The van der Waals surface area contributed by atoms with Crippen molar-refractivity contribution in [3.05, 3.63) is 52.3 Å². The van der Waals surface area contributed by atoms with Gasteiger partial charge in [-0.1, -0.05) is 13.8 Å². The van der Waals surface area contributed by atoms with Gasteiger partial charge in [-0.2, -0.15) is 14.2 Å². The second-order valence-electron chi connectivity index (χ2n) is 8.21. The summed E-state index contributed by atoms with van der Waals surface area (Å²) in [5, 5.41) is 14.7. The van der Waals surface area contributed by atoms with Crippen LogP contribution in [0.3, 0.4) is 0 Å². The van der Waals surface area contributed by atoms with Crippen LogP contribution in [0.1, 0.15) is 44.1 Å². The second-order valence-corrected chi connectivity index (χ2v) is 8.21. The van der Waals surface area contributed by atoms with Gasteiger partial charge in [-0.25, -0.2) is 9.97 Å². The number of aromatic nitrogens is 6. The lowest BCUT2D eigenvalue weighted by Crippen LogP contribution is -2.35. The zero-order valence-electron chi connectivity index (χ0n) is 17.2. The molecule has 1 fully saturated rings. The Balaban J connectivity index is 1.72. The summed E-state index contributed by atoms with van der Waals surface area (Å²) in [6, 6.07) is 4.62. The molecule has 1 N–H and O–H groups in total. The third kappa shape index (κ3) is 2.96. The van der Waals surface area contributed by atoms with Crippen LogP contribution >= 0.6 is 0 Å². The first-order chi connectivity index (χ1) is 15.0. The molecule has 0 spiro atoms. The number of nitriles is 1. The van der Waals surface area contributed by atoms with Crippen molar-refractivity contribution >= 4 is 22.4 Å². The van der Waals surface area contributed by atoms with Crippen LogP contribution in [0.4, 0.5) is 10.2 Å². The predicted octanol–water partition coefficient (Wildman–Crippen LogP) is 2.78. The molecule has 5 rings (SSSR count). The molecule has 158 valence electrons. The highest BCUT2D eigenvalue weighted by molar-refractivity contribution is 5.93. The van der Waals surface area contributed by atoms with Crippen LogP contribution in [0.25, 0.3) is 16.6 Å². The molecule has 1 saturated heterocycles. The molecular weight excluding hydrogens is 399 g/mol. The molecule has 10 heteroatoms. The summed E-state index contributed by atoms with van der Waals surface area (Å²) in [5.74, 6) is 0.746. The summed E-state index contributed by atoms with van der Waals surface area (Å²) < 4.78 is 17.1. The predicted molar refractivity (Wildman–Crippen MR) is 112 cm³/mol. The number of hydrogen-bond acceptors (Lipinski definition) is 6. The Labute approximate surface area is 176 Å². The fourth-order valence-electron chi connectivity index (χ4n) is 4.40. The monoisotopic (exact) mass is 420 g/mol. The Morgan fingerprint density at radius 2 is 2.19 bits per heavy atom. The zero-order chi connectivity index (χ0) is 21.7. The highest BCUT2D eigenvalue weighted by Gasteiger charge is 2.34. The number of aromatic amines is 1. The van der Waals surface area contributed by atoms with Crippen molar-refractivity contribution in [2.45, 2.75) is 39.3 Å². The van der Waals surface area contributed by atoms with Gasteiger partial charge in [0, 0.05) is 19.3 Å². The van der Waals surface area contributed by atoms with Crippen LogP contribution in [0.15, 0.2) is 29.5 Å². The molecule has 0 amide bonds. The van der Waals surface area contributed by atoms with Crippen LogP contribution < -0.4 is 10.5 Å². The van der Waals surface area contributed by atoms with Gasteiger partial charge >= 0.3 is 0 Å². The zero-order valence-corrected chi connectivity index (χ0v) is 17.2. The number of rotatable bonds is 4. The van der Waals surface area contributed by atoms with E-state index < -0.39 is 5.95 Å². The molecule has 5 heterocycles. The summed E-state index contributed by atoms with van der Waals surface area (Å²) >= 11 is 0. The van der Waals surface area contributed by atoms with E-state index in [0.717, 1.165) is 17.4 Å². The number of anilines is 1. The fraction of sp³-hybridized carbons (Fsp3) is 0.381. The minimum Gasteiger partial charge on any atom is -0.346 e. The molecular formula is C21H21FN8O. The van der Waals surface area contributed by atoms with Gasteiger partial charge in [-0.15, -0.1) is 5.10 Å². The second kappa shape index (κ2) is 7.19. The third-order valence-electron chi connectivity index (χ3n) is 5.69.